The highest BCUT2D eigenvalue weighted by atomic mass is 19.3. The normalized spacial score (nSPS) is 31.2. The summed E-state index contributed by atoms with van der Waals surface area (Å²) in [5.41, 5.74) is 0.196. The van der Waals surface area contributed by atoms with Gasteiger partial charge in [-0.25, -0.2) is 8.78 Å². The summed E-state index contributed by atoms with van der Waals surface area (Å²) in [5.74, 6) is -0.170. The number of hydrogen-bond acceptors (Lipinski definition) is 1. The Labute approximate surface area is 137 Å². The van der Waals surface area contributed by atoms with Crippen molar-refractivity contribution in [3.05, 3.63) is 23.8 Å². The van der Waals surface area contributed by atoms with E-state index in [1.165, 1.54) is 18.4 Å². The van der Waals surface area contributed by atoms with Gasteiger partial charge in [-0.1, -0.05) is 37.1 Å². The predicted molar refractivity (Wildman–Crippen MR) is 87.5 cm³/mol. The fraction of sp³-hybridized carbons (Fsp3) is 0.737. The zero-order valence-corrected chi connectivity index (χ0v) is 13.9. The lowest BCUT2D eigenvalue weighted by molar-refractivity contribution is -0.155. The van der Waals surface area contributed by atoms with Crippen molar-refractivity contribution < 1.29 is 18.7 Å². The molecule has 1 N–H and O–H groups in total. The summed E-state index contributed by atoms with van der Waals surface area (Å²) >= 11 is 0. The molecule has 0 aromatic heterocycles. The van der Waals surface area contributed by atoms with Gasteiger partial charge < -0.3 is 5.11 Å². The van der Waals surface area contributed by atoms with Crippen LogP contribution in [-0.4, -0.2) is 17.5 Å². The molecule has 2 aliphatic carbocycles. The Hall–Kier alpha value is -1.19. The Kier molecular flexibility index (Phi) is 6.37. The number of carboxylic acid groups (broad SMARTS) is 1. The number of rotatable bonds is 7. The molecule has 0 amide bonds. The largest absolute Gasteiger partial charge is 0.481 e. The van der Waals surface area contributed by atoms with Crippen molar-refractivity contribution in [2.45, 2.75) is 71.1 Å². The lowest BCUT2D eigenvalue weighted by Crippen LogP contribution is -2.38. The number of halogens is 2. The van der Waals surface area contributed by atoms with Crippen LogP contribution in [0.2, 0.25) is 0 Å². The molecular weight excluding hydrogens is 298 g/mol. The summed E-state index contributed by atoms with van der Waals surface area (Å²) < 4.78 is 25.5. The van der Waals surface area contributed by atoms with Gasteiger partial charge in [-0.3, -0.25) is 4.79 Å². The zero-order valence-electron chi connectivity index (χ0n) is 13.9. The van der Waals surface area contributed by atoms with Gasteiger partial charge in [-0.05, 0) is 56.8 Å². The van der Waals surface area contributed by atoms with Gasteiger partial charge in [0.1, 0.15) is 0 Å². The number of aliphatic carboxylic acids is 1. The molecule has 0 aromatic carbocycles. The van der Waals surface area contributed by atoms with Crippen LogP contribution in [0.1, 0.15) is 64.7 Å². The second-order valence-corrected chi connectivity index (χ2v) is 7.16. The highest BCUT2D eigenvalue weighted by molar-refractivity contribution is 5.74. The Morgan fingerprint density at radius 3 is 2.57 bits per heavy atom. The minimum atomic E-state index is -2.54. The highest BCUT2D eigenvalue weighted by Gasteiger charge is 2.44. The molecule has 1 unspecified atom stereocenters. The first-order chi connectivity index (χ1) is 11.0. The molecule has 0 radical (unpaired) electrons. The molecule has 130 valence electrons. The van der Waals surface area contributed by atoms with E-state index >= 15 is 0 Å². The molecule has 0 bridgehead atoms. The average molecular weight is 326 g/mol. The summed E-state index contributed by atoms with van der Waals surface area (Å²) in [4.78, 5) is 11.5. The number of hydrogen-bond donors (Lipinski definition) is 1. The fourth-order valence-electron chi connectivity index (χ4n) is 4.02. The summed E-state index contributed by atoms with van der Waals surface area (Å²) in [6.45, 7) is 2.19. The second-order valence-electron chi connectivity index (χ2n) is 7.16. The Bertz CT molecular complexity index is 460. The number of carbonyl (C=O) groups is 1. The van der Waals surface area contributed by atoms with Crippen LogP contribution in [0, 0.1) is 17.3 Å². The standard InChI is InChI=1S/C19H28F2O2/c1-2-3-4-14-5-7-15(8-6-14)16-9-11-19(12-10-16,18(22)23)13-17(20)21/h5-7,15-17H,2-4,8-13H2,1H3,(H,22,23). The first-order valence-electron chi connectivity index (χ1n) is 8.85. The van der Waals surface area contributed by atoms with Crippen LogP contribution < -0.4 is 0 Å². The van der Waals surface area contributed by atoms with E-state index in [0.29, 0.717) is 24.7 Å². The minimum Gasteiger partial charge on any atom is -0.481 e. The van der Waals surface area contributed by atoms with E-state index < -0.39 is 24.2 Å². The van der Waals surface area contributed by atoms with Gasteiger partial charge >= 0.3 is 5.97 Å². The van der Waals surface area contributed by atoms with Crippen LogP contribution in [0.25, 0.3) is 0 Å². The number of alkyl halides is 2. The average Bonchev–Trinajstić information content (AvgIpc) is 2.53. The van der Waals surface area contributed by atoms with E-state index in [1.54, 1.807) is 0 Å². The van der Waals surface area contributed by atoms with Crippen molar-refractivity contribution in [2.24, 2.45) is 17.3 Å². The topological polar surface area (TPSA) is 37.3 Å². The third-order valence-electron chi connectivity index (χ3n) is 5.62. The van der Waals surface area contributed by atoms with Crippen LogP contribution >= 0.6 is 0 Å². The first kappa shape index (κ1) is 18.2. The van der Waals surface area contributed by atoms with Crippen LogP contribution in [-0.2, 0) is 4.79 Å². The minimum absolute atomic E-state index is 0.383. The van der Waals surface area contributed by atoms with Crippen LogP contribution in [0.3, 0.4) is 0 Å². The van der Waals surface area contributed by atoms with E-state index in [1.807, 2.05) is 0 Å². The fourth-order valence-corrected chi connectivity index (χ4v) is 4.02. The van der Waals surface area contributed by atoms with Crippen LogP contribution in [0.5, 0.6) is 0 Å². The van der Waals surface area contributed by atoms with Crippen molar-refractivity contribution >= 4 is 5.97 Å². The van der Waals surface area contributed by atoms with E-state index in [9.17, 15) is 18.7 Å². The number of allylic oxidation sites excluding steroid dienone is 4. The van der Waals surface area contributed by atoms with Gasteiger partial charge in [-0.15, -0.1) is 0 Å². The molecule has 0 saturated heterocycles. The second kappa shape index (κ2) is 8.07. The number of carboxylic acids is 1. The lowest BCUT2D eigenvalue weighted by Gasteiger charge is -2.39. The van der Waals surface area contributed by atoms with Crippen molar-refractivity contribution in [1.29, 1.82) is 0 Å². The predicted octanol–water partition coefficient (Wildman–Crippen LogP) is 5.60. The molecule has 23 heavy (non-hydrogen) atoms. The Morgan fingerprint density at radius 1 is 1.39 bits per heavy atom. The molecule has 1 fully saturated rings. The third-order valence-corrected chi connectivity index (χ3v) is 5.62. The molecular formula is C19H28F2O2. The molecule has 2 aliphatic rings. The van der Waals surface area contributed by atoms with Crippen molar-refractivity contribution in [1.82, 2.24) is 0 Å². The lowest BCUT2D eigenvalue weighted by atomic mass is 9.65. The summed E-state index contributed by atoms with van der Waals surface area (Å²) in [6, 6.07) is 0. The van der Waals surface area contributed by atoms with E-state index in [-0.39, 0.29) is 0 Å². The third kappa shape index (κ3) is 4.65. The van der Waals surface area contributed by atoms with Crippen molar-refractivity contribution in [3.8, 4) is 0 Å². The molecule has 2 nitrogen and oxygen atoms in total. The van der Waals surface area contributed by atoms with E-state index in [2.05, 4.69) is 25.2 Å². The van der Waals surface area contributed by atoms with Gasteiger partial charge in [0.2, 0.25) is 6.43 Å². The molecule has 1 saturated carbocycles. The molecule has 1 atom stereocenters. The Balaban J connectivity index is 1.89. The summed E-state index contributed by atoms with van der Waals surface area (Å²) in [5, 5.41) is 9.39. The highest BCUT2D eigenvalue weighted by Crippen LogP contribution is 2.46. The molecule has 4 heteroatoms. The SMILES string of the molecule is CCCCC1=CCC(C2CCC(CC(F)F)(C(=O)O)CC2)C=C1. The molecule has 0 spiro atoms. The number of unbranched alkanes of at least 4 members (excludes halogenated alkanes) is 1. The Morgan fingerprint density at radius 2 is 2.09 bits per heavy atom. The first-order valence-corrected chi connectivity index (χ1v) is 8.85. The molecule has 2 rings (SSSR count). The quantitative estimate of drug-likeness (QED) is 0.661. The molecule has 0 heterocycles. The molecule has 0 aliphatic heterocycles. The maximum Gasteiger partial charge on any atom is 0.309 e. The maximum absolute atomic E-state index is 12.7. The van der Waals surface area contributed by atoms with Gasteiger partial charge in [0.25, 0.3) is 0 Å². The van der Waals surface area contributed by atoms with Crippen LogP contribution in [0.4, 0.5) is 8.78 Å². The summed E-state index contributed by atoms with van der Waals surface area (Å²) in [7, 11) is 0. The molecule has 0 aromatic rings. The van der Waals surface area contributed by atoms with Gasteiger partial charge in [0, 0.05) is 6.42 Å². The zero-order chi connectivity index (χ0) is 16.9. The van der Waals surface area contributed by atoms with Gasteiger partial charge in [-0.2, -0.15) is 0 Å². The monoisotopic (exact) mass is 326 g/mol. The van der Waals surface area contributed by atoms with E-state index in [4.69, 9.17) is 0 Å². The summed E-state index contributed by atoms with van der Waals surface area (Å²) in [6.07, 6.45) is 10.5. The van der Waals surface area contributed by atoms with Crippen molar-refractivity contribution in [3.63, 3.8) is 0 Å². The van der Waals surface area contributed by atoms with Crippen LogP contribution in [0.15, 0.2) is 23.8 Å². The van der Waals surface area contributed by atoms with Gasteiger partial charge in [0.05, 0.1) is 5.41 Å². The van der Waals surface area contributed by atoms with Gasteiger partial charge in [0.15, 0.2) is 0 Å². The maximum atomic E-state index is 12.7. The van der Waals surface area contributed by atoms with Crippen molar-refractivity contribution in [2.75, 3.05) is 0 Å². The van der Waals surface area contributed by atoms with E-state index in [0.717, 1.165) is 25.7 Å². The smallest absolute Gasteiger partial charge is 0.309 e.